The summed E-state index contributed by atoms with van der Waals surface area (Å²) in [4.78, 5) is 11.3. The number of carbonyl (C=O) groups is 1. The van der Waals surface area contributed by atoms with Crippen molar-refractivity contribution in [1.29, 1.82) is 0 Å². The van der Waals surface area contributed by atoms with E-state index < -0.39 is 0 Å². The summed E-state index contributed by atoms with van der Waals surface area (Å²) in [5, 5.41) is 8.99. The van der Waals surface area contributed by atoms with E-state index in [0.717, 1.165) is 13.0 Å². The van der Waals surface area contributed by atoms with Gasteiger partial charge in [-0.15, -0.1) is 6.58 Å². The third-order valence-electron chi connectivity index (χ3n) is 2.60. The fraction of sp³-hybridized carbons (Fsp3) is 0.700. The minimum absolute atomic E-state index is 0.00841. The van der Waals surface area contributed by atoms with Gasteiger partial charge in [-0.2, -0.15) is 0 Å². The highest BCUT2D eigenvalue weighted by atomic mass is 16.2. The van der Waals surface area contributed by atoms with Crippen LogP contribution in [0.4, 0.5) is 4.79 Å². The molecular weight excluding hydrogens is 178 g/mol. The Morgan fingerprint density at radius 1 is 1.71 bits per heavy atom. The highest BCUT2D eigenvalue weighted by molar-refractivity contribution is 5.74. The smallest absolute Gasteiger partial charge is 0.315 e. The van der Waals surface area contributed by atoms with Gasteiger partial charge < -0.3 is 16.0 Å². The van der Waals surface area contributed by atoms with Gasteiger partial charge in [0, 0.05) is 18.1 Å². The molecule has 1 heterocycles. The molecular formula is C10H19N3O. The molecule has 1 fully saturated rings. The molecule has 0 bridgehead atoms. The molecule has 1 aliphatic heterocycles. The first kappa shape index (κ1) is 11.0. The molecule has 2 amide bonds. The van der Waals surface area contributed by atoms with Gasteiger partial charge in [0.2, 0.25) is 0 Å². The summed E-state index contributed by atoms with van der Waals surface area (Å²) in [7, 11) is 0. The quantitative estimate of drug-likeness (QED) is 0.581. The fourth-order valence-corrected chi connectivity index (χ4v) is 1.65. The van der Waals surface area contributed by atoms with E-state index in [0.29, 0.717) is 6.54 Å². The fourth-order valence-electron chi connectivity index (χ4n) is 1.65. The zero-order chi connectivity index (χ0) is 10.6. The summed E-state index contributed by atoms with van der Waals surface area (Å²) in [6.45, 7) is 9.19. The molecule has 1 atom stereocenters. The van der Waals surface area contributed by atoms with Crippen LogP contribution in [0, 0.1) is 0 Å². The highest BCUT2D eigenvalue weighted by Crippen LogP contribution is 2.17. The van der Waals surface area contributed by atoms with E-state index in [-0.39, 0.29) is 17.6 Å². The Hall–Kier alpha value is -1.03. The zero-order valence-corrected chi connectivity index (χ0v) is 8.89. The van der Waals surface area contributed by atoms with Gasteiger partial charge in [-0.1, -0.05) is 6.08 Å². The summed E-state index contributed by atoms with van der Waals surface area (Å²) in [6.07, 6.45) is 2.64. The lowest BCUT2D eigenvalue weighted by molar-refractivity contribution is 0.232. The maximum atomic E-state index is 11.3. The summed E-state index contributed by atoms with van der Waals surface area (Å²) in [5.74, 6) is 0. The minimum Gasteiger partial charge on any atom is -0.335 e. The van der Waals surface area contributed by atoms with Crippen molar-refractivity contribution in [2.45, 2.75) is 31.8 Å². The first-order valence-electron chi connectivity index (χ1n) is 4.96. The van der Waals surface area contributed by atoms with E-state index in [1.807, 2.05) is 0 Å². The topological polar surface area (TPSA) is 53.2 Å². The molecule has 1 saturated heterocycles. The molecule has 0 saturated carbocycles. The van der Waals surface area contributed by atoms with Crippen molar-refractivity contribution in [2.75, 3.05) is 13.1 Å². The normalized spacial score (nSPS) is 24.3. The van der Waals surface area contributed by atoms with Crippen molar-refractivity contribution in [3.8, 4) is 0 Å². The SMILES string of the molecule is C=CCNC(=O)NC1CCNC1(C)C. The third kappa shape index (κ3) is 2.73. The lowest BCUT2D eigenvalue weighted by atomic mass is 9.97. The van der Waals surface area contributed by atoms with Gasteiger partial charge in [-0.25, -0.2) is 4.79 Å². The van der Waals surface area contributed by atoms with Gasteiger partial charge in [-0.3, -0.25) is 0 Å². The van der Waals surface area contributed by atoms with Gasteiger partial charge in [0.05, 0.1) is 0 Å². The Balaban J connectivity index is 2.36. The minimum atomic E-state index is -0.119. The molecule has 0 aromatic carbocycles. The third-order valence-corrected chi connectivity index (χ3v) is 2.60. The molecule has 0 spiro atoms. The molecule has 0 aromatic rings. The van der Waals surface area contributed by atoms with Crippen LogP contribution in [0.3, 0.4) is 0 Å². The average Bonchev–Trinajstić information content (AvgIpc) is 2.43. The molecule has 0 radical (unpaired) electrons. The van der Waals surface area contributed by atoms with Gasteiger partial charge in [0.15, 0.2) is 0 Å². The van der Waals surface area contributed by atoms with Crippen LogP contribution in [0.1, 0.15) is 20.3 Å². The maximum absolute atomic E-state index is 11.3. The van der Waals surface area contributed by atoms with Crippen LogP contribution in [-0.4, -0.2) is 30.7 Å². The lowest BCUT2D eigenvalue weighted by Gasteiger charge is -2.27. The second-order valence-corrected chi connectivity index (χ2v) is 4.13. The van der Waals surface area contributed by atoms with Crippen molar-refractivity contribution < 1.29 is 4.79 Å². The van der Waals surface area contributed by atoms with E-state index in [1.54, 1.807) is 6.08 Å². The van der Waals surface area contributed by atoms with Crippen molar-refractivity contribution >= 4 is 6.03 Å². The van der Waals surface area contributed by atoms with E-state index >= 15 is 0 Å². The van der Waals surface area contributed by atoms with E-state index in [1.165, 1.54) is 0 Å². The lowest BCUT2D eigenvalue weighted by Crippen LogP contribution is -2.53. The molecule has 0 aliphatic carbocycles. The summed E-state index contributed by atoms with van der Waals surface area (Å²) in [5.41, 5.74) is -0.00841. The molecule has 1 rings (SSSR count). The number of carbonyl (C=O) groups excluding carboxylic acids is 1. The number of hydrogen-bond donors (Lipinski definition) is 3. The van der Waals surface area contributed by atoms with Crippen molar-refractivity contribution in [3.05, 3.63) is 12.7 Å². The standard InChI is InChI=1S/C10H19N3O/c1-4-6-11-9(14)13-8-5-7-12-10(8,2)3/h4,8,12H,1,5-7H2,2-3H3,(H2,11,13,14). The Morgan fingerprint density at radius 2 is 2.43 bits per heavy atom. The second kappa shape index (κ2) is 4.46. The van der Waals surface area contributed by atoms with Crippen molar-refractivity contribution in [3.63, 3.8) is 0 Å². The van der Waals surface area contributed by atoms with Crippen LogP contribution < -0.4 is 16.0 Å². The number of nitrogens with one attached hydrogen (secondary N) is 3. The first-order valence-corrected chi connectivity index (χ1v) is 4.96. The number of urea groups is 1. The first-order chi connectivity index (χ1) is 6.56. The highest BCUT2D eigenvalue weighted by Gasteiger charge is 2.34. The van der Waals surface area contributed by atoms with Crippen LogP contribution in [0.2, 0.25) is 0 Å². The van der Waals surface area contributed by atoms with E-state index in [4.69, 9.17) is 0 Å². The zero-order valence-electron chi connectivity index (χ0n) is 8.89. The predicted octanol–water partition coefficient (Wildman–Crippen LogP) is 0.612. The molecule has 14 heavy (non-hydrogen) atoms. The van der Waals surface area contributed by atoms with Gasteiger partial charge in [0.1, 0.15) is 0 Å². The summed E-state index contributed by atoms with van der Waals surface area (Å²) in [6, 6.07) is 0.0824. The van der Waals surface area contributed by atoms with E-state index in [9.17, 15) is 4.79 Å². The van der Waals surface area contributed by atoms with Crippen LogP contribution in [0.15, 0.2) is 12.7 Å². The number of hydrogen-bond acceptors (Lipinski definition) is 2. The van der Waals surface area contributed by atoms with E-state index in [2.05, 4.69) is 36.4 Å². The van der Waals surface area contributed by atoms with Crippen LogP contribution >= 0.6 is 0 Å². The summed E-state index contributed by atoms with van der Waals surface area (Å²) < 4.78 is 0. The molecule has 4 heteroatoms. The maximum Gasteiger partial charge on any atom is 0.315 e. The van der Waals surface area contributed by atoms with Crippen molar-refractivity contribution in [2.24, 2.45) is 0 Å². The Morgan fingerprint density at radius 3 is 2.93 bits per heavy atom. The van der Waals surface area contributed by atoms with Gasteiger partial charge in [-0.05, 0) is 26.8 Å². The van der Waals surface area contributed by atoms with Crippen LogP contribution in [0.25, 0.3) is 0 Å². The average molecular weight is 197 g/mol. The molecule has 1 unspecified atom stereocenters. The Bertz CT molecular complexity index is 225. The molecule has 0 aromatic heterocycles. The Kier molecular flexibility index (Phi) is 3.52. The molecule has 1 aliphatic rings. The number of rotatable bonds is 3. The molecule has 80 valence electrons. The predicted molar refractivity (Wildman–Crippen MR) is 57.2 cm³/mol. The summed E-state index contributed by atoms with van der Waals surface area (Å²) >= 11 is 0. The van der Waals surface area contributed by atoms with Gasteiger partial charge in [0.25, 0.3) is 0 Å². The van der Waals surface area contributed by atoms with Crippen LogP contribution in [-0.2, 0) is 0 Å². The molecule has 4 nitrogen and oxygen atoms in total. The Labute approximate surface area is 85.1 Å². The van der Waals surface area contributed by atoms with Crippen molar-refractivity contribution in [1.82, 2.24) is 16.0 Å². The monoisotopic (exact) mass is 197 g/mol. The van der Waals surface area contributed by atoms with Gasteiger partial charge >= 0.3 is 6.03 Å². The second-order valence-electron chi connectivity index (χ2n) is 4.13. The molecule has 3 N–H and O–H groups in total. The van der Waals surface area contributed by atoms with Crippen LogP contribution in [0.5, 0.6) is 0 Å². The number of amides is 2. The largest absolute Gasteiger partial charge is 0.335 e.